The molecule has 0 unspecified atom stereocenters. The van der Waals surface area contributed by atoms with E-state index >= 15 is 0 Å². The van der Waals surface area contributed by atoms with Crippen molar-refractivity contribution in [1.29, 1.82) is 0 Å². The van der Waals surface area contributed by atoms with Gasteiger partial charge in [-0.25, -0.2) is 0 Å². The monoisotopic (exact) mass is 398 g/mol. The van der Waals surface area contributed by atoms with Crippen LogP contribution in [0.25, 0.3) is 0 Å². The van der Waals surface area contributed by atoms with Gasteiger partial charge >= 0.3 is 0 Å². The quantitative estimate of drug-likeness (QED) is 0.721. The van der Waals surface area contributed by atoms with Gasteiger partial charge < -0.3 is 20.7 Å². The van der Waals surface area contributed by atoms with Crippen molar-refractivity contribution in [2.24, 2.45) is 4.99 Å². The van der Waals surface area contributed by atoms with Gasteiger partial charge in [-0.3, -0.25) is 9.79 Å². The molecule has 1 amide bonds. The molecule has 0 aliphatic carbocycles. The predicted molar refractivity (Wildman–Crippen MR) is 113 cm³/mol. The lowest BCUT2D eigenvalue weighted by molar-refractivity contribution is -0.114. The molecule has 0 aromatic heterocycles. The van der Waals surface area contributed by atoms with Crippen molar-refractivity contribution >= 4 is 40.4 Å². The van der Waals surface area contributed by atoms with Gasteiger partial charge in [0.25, 0.3) is 0 Å². The molecule has 0 atom stereocenters. The largest absolute Gasteiger partial charge is 0.381 e. The van der Waals surface area contributed by atoms with Crippen LogP contribution in [0.1, 0.15) is 25.3 Å². The lowest BCUT2D eigenvalue weighted by atomic mass is 9.85. The van der Waals surface area contributed by atoms with Gasteiger partial charge in [-0.2, -0.15) is 0 Å². The third-order valence-corrected chi connectivity index (χ3v) is 5.34. The highest BCUT2D eigenvalue weighted by atomic mass is 35.5. The topological polar surface area (TPSA) is 74.8 Å². The summed E-state index contributed by atoms with van der Waals surface area (Å²) in [6.07, 6.45) is 1.59. The van der Waals surface area contributed by atoms with Crippen LogP contribution in [-0.4, -0.2) is 30.5 Å². The Morgan fingerprint density at radius 3 is 2.79 bits per heavy atom. The normalized spacial score (nSPS) is 18.9. The minimum atomic E-state index is -0.349. The van der Waals surface area contributed by atoms with Gasteiger partial charge in [-0.15, -0.1) is 0 Å². The fourth-order valence-corrected chi connectivity index (χ4v) is 3.92. The van der Waals surface area contributed by atoms with Gasteiger partial charge in [0, 0.05) is 38.0 Å². The Kier molecular flexibility index (Phi) is 5.24. The average Bonchev–Trinajstić information content (AvgIpc) is 2.67. The number of rotatable bonds is 3. The summed E-state index contributed by atoms with van der Waals surface area (Å²) >= 11 is 6.11. The zero-order valence-electron chi connectivity index (χ0n) is 15.7. The van der Waals surface area contributed by atoms with Crippen molar-refractivity contribution < 1.29 is 9.53 Å². The fraction of sp³-hybridized carbons (Fsp3) is 0.333. The molecule has 1 spiro atoms. The Bertz CT molecular complexity index is 922. The molecule has 2 aromatic carbocycles. The molecule has 3 N–H and O–H groups in total. The van der Waals surface area contributed by atoms with E-state index in [2.05, 4.69) is 16.0 Å². The van der Waals surface area contributed by atoms with E-state index < -0.39 is 0 Å². The maximum Gasteiger partial charge on any atom is 0.221 e. The van der Waals surface area contributed by atoms with Crippen molar-refractivity contribution in [1.82, 2.24) is 0 Å². The number of nitrogens with zero attached hydrogens (tertiary/aromatic N) is 1. The van der Waals surface area contributed by atoms with Crippen molar-refractivity contribution in [2.75, 3.05) is 29.2 Å². The standard InChI is InChI=1S/C21H23ClN4O2/c1-14(27)24-17-6-3-7-18-19(17)26-21(8-10-28-11-9-21)20(25-18)23-13-15-4-2-5-16(22)12-15/h2-7,12,26H,8-11,13H2,1H3,(H,23,25)(H,24,27). The van der Waals surface area contributed by atoms with Crippen molar-refractivity contribution in [3.63, 3.8) is 0 Å². The van der Waals surface area contributed by atoms with E-state index in [0.29, 0.717) is 24.8 Å². The molecule has 1 fully saturated rings. The summed E-state index contributed by atoms with van der Waals surface area (Å²) < 4.78 is 5.60. The van der Waals surface area contributed by atoms with Crippen LogP contribution in [0.2, 0.25) is 5.02 Å². The van der Waals surface area contributed by atoms with E-state index in [0.717, 1.165) is 41.3 Å². The summed E-state index contributed by atoms with van der Waals surface area (Å²) in [4.78, 5) is 16.5. The van der Waals surface area contributed by atoms with E-state index in [-0.39, 0.29) is 11.4 Å². The van der Waals surface area contributed by atoms with Gasteiger partial charge in [-0.1, -0.05) is 29.8 Å². The molecule has 2 aromatic rings. The SMILES string of the molecule is CC(=O)Nc1cccc2c1NC1(CCOCC1)C(=NCc1cccc(Cl)c1)N2. The zero-order valence-corrected chi connectivity index (χ0v) is 16.5. The molecule has 146 valence electrons. The predicted octanol–water partition coefficient (Wildman–Crippen LogP) is 4.28. The maximum atomic E-state index is 11.6. The zero-order chi connectivity index (χ0) is 19.6. The molecule has 4 rings (SSSR count). The fourth-order valence-electron chi connectivity index (χ4n) is 3.71. The molecule has 0 saturated carbocycles. The first-order valence-electron chi connectivity index (χ1n) is 9.39. The van der Waals surface area contributed by atoms with Crippen LogP contribution in [-0.2, 0) is 16.1 Å². The summed E-state index contributed by atoms with van der Waals surface area (Å²) in [5, 5.41) is 10.8. The molecule has 28 heavy (non-hydrogen) atoms. The van der Waals surface area contributed by atoms with Crippen molar-refractivity contribution in [2.45, 2.75) is 31.8 Å². The molecule has 2 aliphatic rings. The number of ether oxygens (including phenoxy) is 1. The molecule has 7 heteroatoms. The van der Waals surface area contributed by atoms with Crippen LogP contribution in [0.4, 0.5) is 17.1 Å². The van der Waals surface area contributed by atoms with Crippen LogP contribution in [0.5, 0.6) is 0 Å². The van der Waals surface area contributed by atoms with Gasteiger partial charge in [0.05, 0.1) is 29.1 Å². The number of hydrogen-bond acceptors (Lipinski definition) is 4. The number of hydrogen-bond donors (Lipinski definition) is 3. The highest BCUT2D eigenvalue weighted by molar-refractivity contribution is 6.30. The Morgan fingerprint density at radius 2 is 2.04 bits per heavy atom. The molecule has 2 heterocycles. The minimum absolute atomic E-state index is 0.100. The van der Waals surface area contributed by atoms with Gasteiger partial charge in [0.2, 0.25) is 5.91 Å². The summed E-state index contributed by atoms with van der Waals surface area (Å²) in [6.45, 7) is 3.36. The summed E-state index contributed by atoms with van der Waals surface area (Å²) in [7, 11) is 0. The molecular weight excluding hydrogens is 376 g/mol. The first kappa shape index (κ1) is 18.8. The number of aliphatic imine (C=N–C) groups is 1. The van der Waals surface area contributed by atoms with E-state index in [4.69, 9.17) is 21.3 Å². The molecule has 0 radical (unpaired) electrons. The van der Waals surface area contributed by atoms with Crippen LogP contribution in [0, 0.1) is 0 Å². The first-order chi connectivity index (χ1) is 13.6. The molecule has 2 aliphatic heterocycles. The summed E-state index contributed by atoms with van der Waals surface area (Å²) in [5.74, 6) is 0.792. The molecular formula is C21H23ClN4O2. The van der Waals surface area contributed by atoms with Crippen molar-refractivity contribution in [3.8, 4) is 0 Å². The van der Waals surface area contributed by atoms with E-state index in [9.17, 15) is 4.79 Å². The first-order valence-corrected chi connectivity index (χ1v) is 9.76. The maximum absolute atomic E-state index is 11.6. The Balaban J connectivity index is 1.69. The van der Waals surface area contributed by atoms with Gasteiger partial charge in [0.1, 0.15) is 5.84 Å². The Hall–Kier alpha value is -2.57. The van der Waals surface area contributed by atoms with Crippen LogP contribution < -0.4 is 16.0 Å². The highest BCUT2D eigenvalue weighted by Gasteiger charge is 2.42. The third kappa shape index (κ3) is 3.84. The average molecular weight is 399 g/mol. The molecule has 0 bridgehead atoms. The third-order valence-electron chi connectivity index (χ3n) is 5.10. The van der Waals surface area contributed by atoms with E-state index in [1.165, 1.54) is 6.92 Å². The second-order valence-corrected chi connectivity index (χ2v) is 7.58. The van der Waals surface area contributed by atoms with Gasteiger partial charge in [0.15, 0.2) is 0 Å². The van der Waals surface area contributed by atoms with Crippen molar-refractivity contribution in [3.05, 3.63) is 53.1 Å². The number of amidine groups is 1. The number of nitrogens with one attached hydrogen (secondary N) is 3. The van der Waals surface area contributed by atoms with E-state index in [1.807, 2.05) is 42.5 Å². The lowest BCUT2D eigenvalue weighted by Crippen LogP contribution is -2.55. The van der Waals surface area contributed by atoms with E-state index in [1.54, 1.807) is 0 Å². The molecule has 1 saturated heterocycles. The van der Waals surface area contributed by atoms with Gasteiger partial charge in [-0.05, 0) is 29.8 Å². The number of benzene rings is 2. The Morgan fingerprint density at radius 1 is 1.25 bits per heavy atom. The smallest absolute Gasteiger partial charge is 0.221 e. The Labute approximate surface area is 169 Å². The highest BCUT2D eigenvalue weighted by Crippen LogP contribution is 2.41. The summed E-state index contributed by atoms with van der Waals surface area (Å²) in [6, 6.07) is 13.5. The van der Waals surface area contributed by atoms with Crippen LogP contribution >= 0.6 is 11.6 Å². The summed E-state index contributed by atoms with van der Waals surface area (Å²) in [5.41, 5.74) is 3.26. The lowest BCUT2D eigenvalue weighted by Gasteiger charge is -2.44. The van der Waals surface area contributed by atoms with Crippen LogP contribution in [0.15, 0.2) is 47.5 Å². The number of carbonyl (C=O) groups excluding carboxylic acids is 1. The number of fused-ring (bicyclic) bond motifs is 1. The second kappa shape index (κ2) is 7.81. The number of anilines is 3. The minimum Gasteiger partial charge on any atom is -0.381 e. The molecule has 6 nitrogen and oxygen atoms in total. The number of halogens is 1. The van der Waals surface area contributed by atoms with Crippen LogP contribution in [0.3, 0.4) is 0 Å². The second-order valence-electron chi connectivity index (χ2n) is 7.15. The number of carbonyl (C=O) groups is 1. The number of amides is 1. The number of para-hydroxylation sites is 1.